The van der Waals surface area contributed by atoms with E-state index in [9.17, 15) is 35.1 Å². The second-order valence-electron chi connectivity index (χ2n) is 11.3. The van der Waals surface area contributed by atoms with E-state index in [1.165, 1.54) is 0 Å². The van der Waals surface area contributed by atoms with Gasteiger partial charge in [-0.15, -0.1) is 0 Å². The van der Waals surface area contributed by atoms with Crippen LogP contribution in [0.15, 0.2) is 42.5 Å². The van der Waals surface area contributed by atoms with Gasteiger partial charge in [0.1, 0.15) is 29.5 Å². The number of aliphatic hydroxyl groups is 5. The molecule has 1 saturated heterocycles. The number of carbonyl (C=O) groups is 2. The number of esters is 1. The minimum absolute atomic E-state index is 0.0722. The molecule has 3 aliphatic carbocycles. The van der Waals surface area contributed by atoms with Gasteiger partial charge in [-0.2, -0.15) is 0 Å². The van der Waals surface area contributed by atoms with Crippen LogP contribution in [0.5, 0.6) is 0 Å². The Bertz CT molecular complexity index is 1110. The zero-order valence-electron chi connectivity index (χ0n) is 20.6. The Morgan fingerprint density at radius 3 is 2.42 bits per heavy atom. The van der Waals surface area contributed by atoms with E-state index in [-0.39, 0.29) is 18.4 Å². The number of benzene rings is 1. The predicted octanol–water partition coefficient (Wildman–Crippen LogP) is 0.367. The van der Waals surface area contributed by atoms with E-state index >= 15 is 0 Å². The van der Waals surface area contributed by atoms with E-state index < -0.39 is 82.7 Å². The van der Waals surface area contributed by atoms with E-state index in [0.717, 1.165) is 0 Å². The van der Waals surface area contributed by atoms with Crippen LogP contribution < -0.4 is 0 Å². The molecule has 11 unspecified atom stereocenters. The average Bonchev–Trinajstić information content (AvgIpc) is 3.54. The number of ether oxygens (including phenoxy) is 2. The Morgan fingerprint density at radius 1 is 1.19 bits per heavy atom. The van der Waals surface area contributed by atoms with Crippen LogP contribution in [0.1, 0.15) is 44.0 Å². The fraction of sp³-hybridized carbons (Fsp3) is 0.630. The zero-order valence-corrected chi connectivity index (χ0v) is 20.6. The summed E-state index contributed by atoms with van der Waals surface area (Å²) in [4.78, 5) is 26.5. The highest BCUT2D eigenvalue weighted by Gasteiger charge is 2.84. The normalized spacial score (nSPS) is 49.3. The van der Waals surface area contributed by atoms with Crippen molar-refractivity contribution in [3.05, 3.63) is 48.0 Å². The van der Waals surface area contributed by atoms with E-state index in [1.54, 1.807) is 51.1 Å². The van der Waals surface area contributed by atoms with E-state index in [0.29, 0.717) is 5.57 Å². The number of aliphatic hydroxyl groups excluding tert-OH is 2. The Balaban J connectivity index is 1.70. The van der Waals surface area contributed by atoms with Crippen molar-refractivity contribution in [3.63, 3.8) is 0 Å². The standard InChI is InChI=1S/C27H34O9/c1-13(2)24(32)11-15(4)26(33)17-10-14(3)19(29)27(17,34)23(31)25(12-28)21(36-25)18(26)20(24)35-22(30)16-8-6-5-7-9-16/h5-9,14-15,17-18,20-21,23,28,31-34H,1,10-12H2,2-4H3. The van der Waals surface area contributed by atoms with Gasteiger partial charge in [-0.05, 0) is 43.4 Å². The van der Waals surface area contributed by atoms with Gasteiger partial charge in [-0.3, -0.25) is 4.79 Å². The third-order valence-corrected chi connectivity index (χ3v) is 9.46. The second-order valence-corrected chi connectivity index (χ2v) is 11.3. The van der Waals surface area contributed by atoms with Crippen LogP contribution in [0.3, 0.4) is 0 Å². The fourth-order valence-corrected chi connectivity index (χ4v) is 7.40. The molecule has 4 aliphatic rings. The van der Waals surface area contributed by atoms with Crippen molar-refractivity contribution >= 4 is 11.8 Å². The van der Waals surface area contributed by atoms with Crippen LogP contribution in [0, 0.1) is 23.7 Å². The van der Waals surface area contributed by atoms with Crippen LogP contribution in [0.2, 0.25) is 0 Å². The smallest absolute Gasteiger partial charge is 0.338 e. The summed E-state index contributed by atoms with van der Waals surface area (Å²) in [5, 5.41) is 57.8. The van der Waals surface area contributed by atoms with Crippen molar-refractivity contribution in [2.24, 2.45) is 23.7 Å². The number of fused-ring (bicyclic) bond motifs is 5. The maximum atomic E-state index is 13.2. The third kappa shape index (κ3) is 2.98. The van der Waals surface area contributed by atoms with Gasteiger partial charge in [0.05, 0.1) is 23.7 Å². The Morgan fingerprint density at radius 2 is 1.83 bits per heavy atom. The molecule has 0 radical (unpaired) electrons. The SMILES string of the molecule is C=C(C)C1(O)CC(C)C2(O)C(C1OC(=O)c1ccccc1)C1OC1(CO)C(O)C1(O)C(=O)C(C)CC12. The predicted molar refractivity (Wildman–Crippen MR) is 126 cm³/mol. The maximum absolute atomic E-state index is 13.2. The maximum Gasteiger partial charge on any atom is 0.338 e. The molecule has 9 nitrogen and oxygen atoms in total. The first-order chi connectivity index (χ1) is 16.8. The van der Waals surface area contributed by atoms with E-state index in [2.05, 4.69) is 6.58 Å². The molecular formula is C27H34O9. The van der Waals surface area contributed by atoms with Gasteiger partial charge in [0, 0.05) is 11.8 Å². The van der Waals surface area contributed by atoms with Crippen molar-refractivity contribution in [1.29, 1.82) is 0 Å². The molecule has 5 rings (SSSR count). The Kier molecular flexibility index (Phi) is 5.62. The first kappa shape index (κ1) is 25.5. The number of hydrogen-bond donors (Lipinski definition) is 5. The van der Waals surface area contributed by atoms with Crippen LogP contribution in [0.25, 0.3) is 0 Å². The number of ketones is 1. The molecule has 3 saturated carbocycles. The van der Waals surface area contributed by atoms with Crippen molar-refractivity contribution in [2.45, 2.75) is 74.3 Å². The number of rotatable bonds is 4. The lowest BCUT2D eigenvalue weighted by Gasteiger charge is -2.57. The number of epoxide rings is 1. The van der Waals surface area contributed by atoms with Gasteiger partial charge in [0.2, 0.25) is 0 Å². The van der Waals surface area contributed by atoms with Gasteiger partial charge < -0.3 is 35.0 Å². The van der Waals surface area contributed by atoms with Gasteiger partial charge in [0.15, 0.2) is 11.4 Å². The summed E-state index contributed by atoms with van der Waals surface area (Å²) in [7, 11) is 0. The van der Waals surface area contributed by atoms with Crippen LogP contribution in [-0.2, 0) is 14.3 Å². The molecule has 0 spiro atoms. The molecule has 196 valence electrons. The molecule has 36 heavy (non-hydrogen) atoms. The van der Waals surface area contributed by atoms with E-state index in [4.69, 9.17) is 9.47 Å². The summed E-state index contributed by atoms with van der Waals surface area (Å²) in [6.45, 7) is 8.07. The molecule has 0 bridgehead atoms. The topological polar surface area (TPSA) is 157 Å². The molecule has 9 heteroatoms. The van der Waals surface area contributed by atoms with Gasteiger partial charge in [0.25, 0.3) is 0 Å². The molecule has 1 aliphatic heterocycles. The first-order valence-corrected chi connectivity index (χ1v) is 12.4. The highest BCUT2D eigenvalue weighted by atomic mass is 16.6. The molecular weight excluding hydrogens is 468 g/mol. The molecule has 0 aromatic heterocycles. The highest BCUT2D eigenvalue weighted by molar-refractivity contribution is 5.93. The van der Waals surface area contributed by atoms with Crippen LogP contribution >= 0.6 is 0 Å². The molecule has 1 aromatic carbocycles. The first-order valence-electron chi connectivity index (χ1n) is 12.4. The molecule has 11 atom stereocenters. The lowest BCUT2D eigenvalue weighted by Crippen LogP contribution is -2.71. The quantitative estimate of drug-likeness (QED) is 0.223. The summed E-state index contributed by atoms with van der Waals surface area (Å²) >= 11 is 0. The third-order valence-electron chi connectivity index (χ3n) is 9.46. The largest absolute Gasteiger partial charge is 0.455 e. The second kappa shape index (κ2) is 7.93. The fourth-order valence-electron chi connectivity index (χ4n) is 7.40. The Labute approximate surface area is 209 Å². The summed E-state index contributed by atoms with van der Waals surface area (Å²) in [6.07, 6.45) is -4.34. The number of hydrogen-bond acceptors (Lipinski definition) is 9. The molecule has 1 aromatic rings. The average molecular weight is 503 g/mol. The molecule has 4 fully saturated rings. The Hall–Kier alpha value is -2.14. The van der Waals surface area contributed by atoms with Crippen LogP contribution in [0.4, 0.5) is 0 Å². The molecule has 1 heterocycles. The number of Topliss-reactive ketones (excluding diaryl/α,β-unsaturated/α-hetero) is 1. The van der Waals surface area contributed by atoms with Crippen molar-refractivity contribution < 1.29 is 44.6 Å². The van der Waals surface area contributed by atoms with Crippen LogP contribution in [-0.4, -0.2) is 84.6 Å². The summed E-state index contributed by atoms with van der Waals surface area (Å²) in [6, 6.07) is 8.17. The van der Waals surface area contributed by atoms with Gasteiger partial charge >= 0.3 is 5.97 Å². The minimum atomic E-state index is -2.39. The van der Waals surface area contributed by atoms with Crippen molar-refractivity contribution in [1.82, 2.24) is 0 Å². The monoisotopic (exact) mass is 502 g/mol. The summed E-state index contributed by atoms with van der Waals surface area (Å²) in [5.74, 6) is -5.11. The van der Waals surface area contributed by atoms with Crippen molar-refractivity contribution in [2.75, 3.05) is 6.61 Å². The lowest BCUT2D eigenvalue weighted by molar-refractivity contribution is -0.254. The lowest BCUT2D eigenvalue weighted by atomic mass is 9.54. The molecule has 5 N–H and O–H groups in total. The summed E-state index contributed by atoms with van der Waals surface area (Å²) in [5.41, 5.74) is -7.31. The minimum Gasteiger partial charge on any atom is -0.455 e. The van der Waals surface area contributed by atoms with Crippen molar-refractivity contribution in [3.8, 4) is 0 Å². The number of carbonyl (C=O) groups excluding carboxylic acids is 2. The zero-order chi connectivity index (χ0) is 26.4. The van der Waals surface area contributed by atoms with E-state index in [1.807, 2.05) is 0 Å². The highest BCUT2D eigenvalue weighted by Crippen LogP contribution is 2.66. The van der Waals surface area contributed by atoms with Gasteiger partial charge in [-0.1, -0.05) is 38.6 Å². The summed E-state index contributed by atoms with van der Waals surface area (Å²) < 4.78 is 11.8. The molecule has 0 amide bonds. The van der Waals surface area contributed by atoms with Gasteiger partial charge in [-0.25, -0.2) is 4.79 Å².